The summed E-state index contributed by atoms with van der Waals surface area (Å²) in [6.07, 6.45) is 3.14. The fourth-order valence-corrected chi connectivity index (χ4v) is 5.18. The second kappa shape index (κ2) is 10.1. The molecule has 0 saturated carbocycles. The number of hydrogen-bond donors (Lipinski definition) is 2. The Morgan fingerprint density at radius 1 is 0.882 bits per heavy atom. The van der Waals surface area contributed by atoms with Gasteiger partial charge in [-0.2, -0.15) is 4.31 Å². The molecule has 4 rings (SSSR count). The molecule has 0 bridgehead atoms. The summed E-state index contributed by atoms with van der Waals surface area (Å²) >= 11 is 0. The molecule has 1 saturated heterocycles. The van der Waals surface area contributed by atoms with Crippen LogP contribution in [0.15, 0.2) is 71.9 Å². The first-order valence-corrected chi connectivity index (χ1v) is 12.1. The number of carbonyl (C=O) groups is 2. The van der Waals surface area contributed by atoms with E-state index in [-0.39, 0.29) is 29.5 Å². The quantitative estimate of drug-likeness (QED) is 0.560. The van der Waals surface area contributed by atoms with E-state index >= 15 is 0 Å². The van der Waals surface area contributed by atoms with Crippen LogP contribution in [0.5, 0.6) is 0 Å². The van der Waals surface area contributed by atoms with Crippen molar-refractivity contribution >= 4 is 33.2 Å². The third-order valence-corrected chi connectivity index (χ3v) is 7.40. The Balaban J connectivity index is 1.51. The molecule has 1 aliphatic rings. The van der Waals surface area contributed by atoms with E-state index in [4.69, 9.17) is 4.74 Å². The highest BCUT2D eigenvalue weighted by Gasteiger charge is 2.28. The van der Waals surface area contributed by atoms with E-state index in [0.717, 1.165) is 0 Å². The van der Waals surface area contributed by atoms with Crippen molar-refractivity contribution in [3.8, 4) is 0 Å². The number of rotatable bonds is 6. The number of anilines is 2. The van der Waals surface area contributed by atoms with Crippen LogP contribution in [0.2, 0.25) is 0 Å². The Labute approximate surface area is 197 Å². The number of pyridine rings is 1. The standard InChI is InChI=1S/C24H24N4O5S/c1-17-5-6-19(16-22(17)34(31,32)28-11-13-33-14-12-28)24(30)27-21-4-2-3-18(15-21)23(29)26-20-7-9-25-10-8-20/h2-10,15-16H,11-14H2,1H3,(H,27,30)(H,25,26,29). The van der Waals surface area contributed by atoms with Gasteiger partial charge in [0.1, 0.15) is 0 Å². The largest absolute Gasteiger partial charge is 0.379 e. The van der Waals surface area contributed by atoms with Crippen LogP contribution in [0.25, 0.3) is 0 Å². The molecule has 34 heavy (non-hydrogen) atoms. The van der Waals surface area contributed by atoms with E-state index < -0.39 is 15.9 Å². The molecule has 2 heterocycles. The molecule has 0 unspecified atom stereocenters. The van der Waals surface area contributed by atoms with Crippen LogP contribution >= 0.6 is 0 Å². The number of hydrogen-bond acceptors (Lipinski definition) is 6. The Morgan fingerprint density at radius 2 is 1.53 bits per heavy atom. The number of nitrogens with one attached hydrogen (secondary N) is 2. The van der Waals surface area contributed by atoms with Gasteiger partial charge in [0.2, 0.25) is 10.0 Å². The summed E-state index contributed by atoms with van der Waals surface area (Å²) in [6.45, 7) is 2.91. The maximum atomic E-state index is 13.1. The molecule has 0 atom stereocenters. The lowest BCUT2D eigenvalue weighted by atomic mass is 10.1. The third kappa shape index (κ3) is 5.30. The Kier molecular flexibility index (Phi) is 7.01. The van der Waals surface area contributed by atoms with Gasteiger partial charge >= 0.3 is 0 Å². The summed E-state index contributed by atoms with van der Waals surface area (Å²) < 4.78 is 32.8. The van der Waals surface area contributed by atoms with Crippen LogP contribution in [-0.4, -0.2) is 55.8 Å². The van der Waals surface area contributed by atoms with E-state index in [1.807, 2.05) is 0 Å². The molecule has 1 aromatic heterocycles. The van der Waals surface area contributed by atoms with E-state index in [1.165, 1.54) is 10.4 Å². The average molecular weight is 481 g/mol. The maximum Gasteiger partial charge on any atom is 0.255 e. The predicted molar refractivity (Wildman–Crippen MR) is 127 cm³/mol. The zero-order valence-electron chi connectivity index (χ0n) is 18.5. The third-order valence-electron chi connectivity index (χ3n) is 5.36. The van der Waals surface area contributed by atoms with Gasteiger partial charge in [0.15, 0.2) is 0 Å². The lowest BCUT2D eigenvalue weighted by Crippen LogP contribution is -2.40. The molecule has 2 aromatic carbocycles. The zero-order chi connectivity index (χ0) is 24.1. The van der Waals surface area contributed by atoms with Crippen molar-refractivity contribution in [2.24, 2.45) is 0 Å². The second-order valence-electron chi connectivity index (χ2n) is 7.72. The molecule has 2 N–H and O–H groups in total. The number of benzene rings is 2. The van der Waals surface area contributed by atoms with Crippen molar-refractivity contribution in [3.63, 3.8) is 0 Å². The first-order valence-electron chi connectivity index (χ1n) is 10.7. The van der Waals surface area contributed by atoms with Crippen molar-refractivity contribution in [3.05, 3.63) is 83.7 Å². The molecular formula is C24H24N4O5S. The summed E-state index contributed by atoms with van der Waals surface area (Å²) in [4.78, 5) is 29.4. The number of amides is 2. The normalized spacial score (nSPS) is 14.4. The fourth-order valence-electron chi connectivity index (χ4n) is 3.53. The SMILES string of the molecule is Cc1ccc(C(=O)Nc2cccc(C(=O)Nc3ccncc3)c2)cc1S(=O)(=O)N1CCOCC1. The lowest BCUT2D eigenvalue weighted by Gasteiger charge is -2.26. The van der Waals surface area contributed by atoms with E-state index in [9.17, 15) is 18.0 Å². The minimum Gasteiger partial charge on any atom is -0.379 e. The van der Waals surface area contributed by atoms with Crippen molar-refractivity contribution in [1.82, 2.24) is 9.29 Å². The van der Waals surface area contributed by atoms with Crippen LogP contribution in [0.4, 0.5) is 11.4 Å². The van der Waals surface area contributed by atoms with Gasteiger partial charge in [-0.3, -0.25) is 14.6 Å². The number of aryl methyl sites for hydroxylation is 1. The van der Waals surface area contributed by atoms with E-state index in [0.29, 0.717) is 35.7 Å². The van der Waals surface area contributed by atoms with Crippen molar-refractivity contribution in [2.45, 2.75) is 11.8 Å². The summed E-state index contributed by atoms with van der Waals surface area (Å²) in [5.74, 6) is -0.818. The molecule has 10 heteroatoms. The highest BCUT2D eigenvalue weighted by Crippen LogP contribution is 2.23. The monoisotopic (exact) mass is 480 g/mol. The Bertz CT molecular complexity index is 1310. The molecular weight excluding hydrogens is 456 g/mol. The van der Waals surface area contributed by atoms with Crippen molar-refractivity contribution in [1.29, 1.82) is 0 Å². The van der Waals surface area contributed by atoms with Gasteiger partial charge < -0.3 is 15.4 Å². The molecule has 2 amide bonds. The summed E-state index contributed by atoms with van der Waals surface area (Å²) in [6, 6.07) is 14.4. The highest BCUT2D eigenvalue weighted by atomic mass is 32.2. The minimum atomic E-state index is -3.75. The summed E-state index contributed by atoms with van der Waals surface area (Å²) in [5.41, 5.74) is 2.12. The zero-order valence-corrected chi connectivity index (χ0v) is 19.3. The topological polar surface area (TPSA) is 118 Å². The number of morpholine rings is 1. The van der Waals surface area contributed by atoms with Crippen LogP contribution in [0, 0.1) is 6.92 Å². The maximum absolute atomic E-state index is 13.1. The number of carbonyl (C=O) groups excluding carboxylic acids is 2. The average Bonchev–Trinajstić information content (AvgIpc) is 2.85. The second-order valence-corrected chi connectivity index (χ2v) is 9.63. The van der Waals surface area contributed by atoms with E-state index in [1.54, 1.807) is 67.8 Å². The predicted octanol–water partition coefficient (Wildman–Crippen LogP) is 2.92. The van der Waals surface area contributed by atoms with Gasteiger partial charge in [0.25, 0.3) is 11.8 Å². The first-order chi connectivity index (χ1) is 16.3. The number of ether oxygens (including phenoxy) is 1. The Morgan fingerprint density at radius 3 is 2.24 bits per heavy atom. The molecule has 1 fully saturated rings. The van der Waals surface area contributed by atoms with Gasteiger partial charge in [-0.1, -0.05) is 12.1 Å². The lowest BCUT2D eigenvalue weighted by molar-refractivity contribution is 0.0730. The number of sulfonamides is 1. The molecule has 1 aliphatic heterocycles. The number of nitrogens with zero attached hydrogens (tertiary/aromatic N) is 2. The van der Waals surface area contributed by atoms with Crippen LogP contribution in [-0.2, 0) is 14.8 Å². The molecule has 9 nitrogen and oxygen atoms in total. The van der Waals surface area contributed by atoms with Crippen LogP contribution in [0.3, 0.4) is 0 Å². The Hall–Kier alpha value is -3.60. The van der Waals surface area contributed by atoms with Crippen molar-refractivity contribution in [2.75, 3.05) is 36.9 Å². The van der Waals surface area contributed by atoms with E-state index in [2.05, 4.69) is 15.6 Å². The van der Waals surface area contributed by atoms with Crippen LogP contribution in [0.1, 0.15) is 26.3 Å². The molecule has 0 aliphatic carbocycles. The fraction of sp³-hybridized carbons (Fsp3) is 0.208. The summed E-state index contributed by atoms with van der Waals surface area (Å²) in [5, 5.41) is 5.50. The van der Waals surface area contributed by atoms with Gasteiger partial charge in [-0.25, -0.2) is 8.42 Å². The minimum absolute atomic E-state index is 0.0903. The molecule has 0 spiro atoms. The molecule has 0 radical (unpaired) electrons. The number of aromatic nitrogens is 1. The van der Waals surface area contributed by atoms with Crippen molar-refractivity contribution < 1.29 is 22.7 Å². The van der Waals surface area contributed by atoms with Gasteiger partial charge in [0.05, 0.1) is 18.1 Å². The smallest absolute Gasteiger partial charge is 0.255 e. The molecule has 3 aromatic rings. The summed E-state index contributed by atoms with van der Waals surface area (Å²) in [7, 11) is -3.75. The van der Waals surface area contributed by atoms with Gasteiger partial charge in [-0.05, 0) is 55.0 Å². The van der Waals surface area contributed by atoms with Crippen LogP contribution < -0.4 is 10.6 Å². The van der Waals surface area contributed by atoms with Gasteiger partial charge in [0, 0.05) is 48.0 Å². The highest BCUT2D eigenvalue weighted by molar-refractivity contribution is 7.89. The van der Waals surface area contributed by atoms with Gasteiger partial charge in [-0.15, -0.1) is 0 Å². The molecule has 176 valence electrons. The first kappa shape index (κ1) is 23.6.